The number of halogens is 2. The Morgan fingerprint density at radius 3 is 2.58 bits per heavy atom. The molecule has 5 nitrogen and oxygen atoms in total. The average Bonchev–Trinajstić information content (AvgIpc) is 2.52. The highest BCUT2D eigenvalue weighted by Gasteiger charge is 2.23. The van der Waals surface area contributed by atoms with Crippen LogP contribution in [0.2, 0.25) is 5.02 Å². The maximum Gasteiger partial charge on any atom is 0.270 e. The number of nitrogens with one attached hydrogen (secondary N) is 1. The van der Waals surface area contributed by atoms with Crippen LogP contribution in [0.25, 0.3) is 0 Å². The molecule has 0 bridgehead atoms. The lowest BCUT2D eigenvalue weighted by Gasteiger charge is -2.26. The topological polar surface area (TPSA) is 72.2 Å². The molecule has 2 rings (SSSR count). The molecule has 0 saturated carbocycles. The van der Waals surface area contributed by atoms with Crippen molar-refractivity contribution >= 4 is 45.8 Å². The van der Waals surface area contributed by atoms with Gasteiger partial charge in [0.25, 0.3) is 11.6 Å². The largest absolute Gasteiger partial charge is 0.351 e. The summed E-state index contributed by atoms with van der Waals surface area (Å²) in [4.78, 5) is 22.7. The number of carbonyl (C=O) groups excluding carboxylic acids is 1. The molecule has 0 radical (unpaired) electrons. The zero-order valence-electron chi connectivity index (χ0n) is 13.2. The van der Waals surface area contributed by atoms with Gasteiger partial charge in [-0.2, -0.15) is 0 Å². The van der Waals surface area contributed by atoms with Crippen LogP contribution < -0.4 is 5.32 Å². The molecule has 2 aromatic rings. The van der Waals surface area contributed by atoms with Crippen LogP contribution in [0.3, 0.4) is 0 Å². The Morgan fingerprint density at radius 1 is 1.29 bits per heavy atom. The SMILES string of the molecule is CC(C)(CNC(=O)c1ccc([N+](=O)[O-])cc1I)c1cccc(Cl)c1. The molecule has 0 aromatic heterocycles. The maximum atomic E-state index is 12.4. The fourth-order valence-corrected chi connectivity index (χ4v) is 3.14. The van der Waals surface area contributed by atoms with Gasteiger partial charge in [0.05, 0.1) is 10.5 Å². The highest BCUT2D eigenvalue weighted by Crippen LogP contribution is 2.25. The zero-order valence-corrected chi connectivity index (χ0v) is 16.1. The molecular weight excluding hydrogens is 443 g/mol. The number of benzene rings is 2. The van der Waals surface area contributed by atoms with Crippen molar-refractivity contribution in [2.24, 2.45) is 0 Å². The molecule has 0 heterocycles. The first-order chi connectivity index (χ1) is 11.2. The minimum Gasteiger partial charge on any atom is -0.351 e. The average molecular weight is 459 g/mol. The van der Waals surface area contributed by atoms with Crippen LogP contribution in [0.1, 0.15) is 29.8 Å². The van der Waals surface area contributed by atoms with Gasteiger partial charge in [0.15, 0.2) is 0 Å². The predicted molar refractivity (Wildman–Crippen MR) is 103 cm³/mol. The smallest absolute Gasteiger partial charge is 0.270 e. The van der Waals surface area contributed by atoms with E-state index in [1.54, 1.807) is 6.07 Å². The highest BCUT2D eigenvalue weighted by atomic mass is 127. The third kappa shape index (κ3) is 4.45. The van der Waals surface area contributed by atoms with E-state index in [-0.39, 0.29) is 17.0 Å². The molecule has 24 heavy (non-hydrogen) atoms. The van der Waals surface area contributed by atoms with Crippen LogP contribution in [0.5, 0.6) is 0 Å². The van der Waals surface area contributed by atoms with Crippen molar-refractivity contribution in [1.29, 1.82) is 0 Å². The quantitative estimate of drug-likeness (QED) is 0.406. The van der Waals surface area contributed by atoms with Gasteiger partial charge in [-0.25, -0.2) is 0 Å². The first-order valence-electron chi connectivity index (χ1n) is 7.19. The van der Waals surface area contributed by atoms with Crippen molar-refractivity contribution in [2.75, 3.05) is 6.54 Å². The fourth-order valence-electron chi connectivity index (χ4n) is 2.21. The molecule has 126 valence electrons. The minimum absolute atomic E-state index is 0.0322. The summed E-state index contributed by atoms with van der Waals surface area (Å²) in [5.41, 5.74) is 1.11. The number of carbonyl (C=O) groups is 1. The molecule has 0 fully saturated rings. The van der Waals surface area contributed by atoms with E-state index >= 15 is 0 Å². The van der Waals surface area contributed by atoms with Crippen LogP contribution in [0, 0.1) is 13.7 Å². The van der Waals surface area contributed by atoms with Crippen molar-refractivity contribution < 1.29 is 9.72 Å². The van der Waals surface area contributed by atoms with E-state index < -0.39 is 4.92 Å². The second-order valence-electron chi connectivity index (χ2n) is 6.00. The third-order valence-electron chi connectivity index (χ3n) is 3.71. The number of nitro groups is 1. The van der Waals surface area contributed by atoms with E-state index in [1.807, 2.05) is 54.6 Å². The summed E-state index contributed by atoms with van der Waals surface area (Å²) in [5.74, 6) is -0.260. The van der Waals surface area contributed by atoms with Gasteiger partial charge in [-0.15, -0.1) is 0 Å². The first-order valence-corrected chi connectivity index (χ1v) is 8.64. The van der Waals surface area contributed by atoms with Crippen molar-refractivity contribution in [3.8, 4) is 0 Å². The molecule has 2 aromatic carbocycles. The standard InChI is InChI=1S/C17H16ClIN2O3/c1-17(2,11-4-3-5-12(18)8-11)10-20-16(22)14-7-6-13(21(23)24)9-15(14)19/h3-9H,10H2,1-2H3,(H,20,22). The lowest BCUT2D eigenvalue weighted by Crippen LogP contribution is -2.37. The third-order valence-corrected chi connectivity index (χ3v) is 4.83. The Bertz CT molecular complexity index is 793. The number of rotatable bonds is 5. The van der Waals surface area contributed by atoms with Gasteiger partial charge in [0.2, 0.25) is 0 Å². The molecule has 0 atom stereocenters. The van der Waals surface area contributed by atoms with Crippen LogP contribution in [-0.4, -0.2) is 17.4 Å². The Kier molecular flexibility index (Phi) is 5.82. The zero-order chi connectivity index (χ0) is 17.9. The molecule has 0 aliphatic heterocycles. The molecule has 0 spiro atoms. The fraction of sp³-hybridized carbons (Fsp3) is 0.235. The van der Waals surface area contributed by atoms with Crippen LogP contribution in [0.15, 0.2) is 42.5 Å². The van der Waals surface area contributed by atoms with Gasteiger partial charge in [-0.1, -0.05) is 37.6 Å². The van der Waals surface area contributed by atoms with Gasteiger partial charge < -0.3 is 5.32 Å². The van der Waals surface area contributed by atoms with Crippen LogP contribution in [-0.2, 0) is 5.41 Å². The van der Waals surface area contributed by atoms with Gasteiger partial charge >= 0.3 is 0 Å². The van der Waals surface area contributed by atoms with Gasteiger partial charge in [0.1, 0.15) is 0 Å². The predicted octanol–water partition coefficient (Wildman–Crippen LogP) is 4.56. The van der Waals surface area contributed by atoms with E-state index in [0.29, 0.717) is 20.7 Å². The van der Waals surface area contributed by atoms with E-state index in [9.17, 15) is 14.9 Å². The van der Waals surface area contributed by atoms with Crippen LogP contribution >= 0.6 is 34.2 Å². The van der Waals surface area contributed by atoms with Gasteiger partial charge in [-0.3, -0.25) is 14.9 Å². The van der Waals surface area contributed by atoms with Crippen LogP contribution in [0.4, 0.5) is 5.69 Å². The number of amides is 1. The minimum atomic E-state index is -0.480. The number of non-ortho nitro benzene ring substituents is 1. The number of nitrogens with zero attached hydrogens (tertiary/aromatic N) is 1. The summed E-state index contributed by atoms with van der Waals surface area (Å²) in [6.45, 7) is 4.44. The second kappa shape index (κ2) is 7.48. The summed E-state index contributed by atoms with van der Waals surface area (Å²) in [6, 6.07) is 11.7. The van der Waals surface area contributed by atoms with Gasteiger partial charge in [0, 0.05) is 32.7 Å². The molecule has 0 aliphatic carbocycles. The van der Waals surface area contributed by atoms with Crippen molar-refractivity contribution in [3.63, 3.8) is 0 Å². The van der Waals surface area contributed by atoms with Crippen molar-refractivity contribution in [3.05, 3.63) is 72.3 Å². The molecule has 0 saturated heterocycles. The molecule has 1 amide bonds. The van der Waals surface area contributed by atoms with E-state index in [0.717, 1.165) is 5.56 Å². The van der Waals surface area contributed by atoms with Crippen molar-refractivity contribution in [1.82, 2.24) is 5.32 Å². The van der Waals surface area contributed by atoms with Gasteiger partial charge in [-0.05, 0) is 46.4 Å². The Hall–Kier alpha value is -1.67. The number of hydrogen-bond donors (Lipinski definition) is 1. The summed E-state index contributed by atoms with van der Waals surface area (Å²) in [7, 11) is 0. The highest BCUT2D eigenvalue weighted by molar-refractivity contribution is 14.1. The Labute approximate surface area is 158 Å². The lowest BCUT2D eigenvalue weighted by atomic mass is 9.84. The Morgan fingerprint density at radius 2 is 2.00 bits per heavy atom. The first kappa shape index (κ1) is 18.7. The number of nitro benzene ring substituents is 1. The van der Waals surface area contributed by atoms with E-state index in [2.05, 4.69) is 5.32 Å². The maximum absolute atomic E-state index is 12.4. The summed E-state index contributed by atoms with van der Waals surface area (Å²) < 4.78 is 0.542. The molecule has 0 aliphatic rings. The number of hydrogen-bond acceptors (Lipinski definition) is 3. The molecule has 0 unspecified atom stereocenters. The summed E-state index contributed by atoms with van der Waals surface area (Å²) in [5, 5.41) is 14.3. The lowest BCUT2D eigenvalue weighted by molar-refractivity contribution is -0.384. The summed E-state index contributed by atoms with van der Waals surface area (Å²) in [6.07, 6.45) is 0. The monoisotopic (exact) mass is 458 g/mol. The second-order valence-corrected chi connectivity index (χ2v) is 7.60. The normalized spacial score (nSPS) is 11.2. The molecule has 7 heteroatoms. The molecular formula is C17H16ClIN2O3. The molecule has 1 N–H and O–H groups in total. The van der Waals surface area contributed by atoms with Crippen molar-refractivity contribution in [2.45, 2.75) is 19.3 Å². The van der Waals surface area contributed by atoms with E-state index in [1.165, 1.54) is 18.2 Å². The summed E-state index contributed by atoms with van der Waals surface area (Å²) >= 11 is 7.96. The Balaban J connectivity index is 2.11. The van der Waals surface area contributed by atoms with E-state index in [4.69, 9.17) is 11.6 Å².